The molecule has 0 aliphatic carbocycles. The van der Waals surface area contributed by atoms with Gasteiger partial charge in [-0.2, -0.15) is 11.8 Å². The molecule has 0 bridgehead atoms. The highest BCUT2D eigenvalue weighted by Crippen LogP contribution is 2.31. The van der Waals surface area contributed by atoms with E-state index in [0.717, 1.165) is 28.4 Å². The predicted molar refractivity (Wildman–Crippen MR) is 78.8 cm³/mol. The molecule has 1 fully saturated rings. The minimum absolute atomic E-state index is 0.103. The highest BCUT2D eigenvalue weighted by Gasteiger charge is 2.20. The Bertz CT molecular complexity index is 386. The fourth-order valence-electron chi connectivity index (χ4n) is 2.09. The summed E-state index contributed by atoms with van der Waals surface area (Å²) in [6.07, 6.45) is 1.23. The number of benzene rings is 1. The van der Waals surface area contributed by atoms with Crippen molar-refractivity contribution in [1.82, 2.24) is 0 Å². The Labute approximate surface area is 116 Å². The van der Waals surface area contributed by atoms with E-state index < -0.39 is 0 Å². The van der Waals surface area contributed by atoms with Gasteiger partial charge in [0.05, 0.1) is 12.3 Å². The zero-order valence-electron chi connectivity index (χ0n) is 10.0. The van der Waals surface area contributed by atoms with Gasteiger partial charge in [-0.05, 0) is 40.0 Å². The number of halogens is 1. The summed E-state index contributed by atoms with van der Waals surface area (Å²) in [5, 5.41) is 9.85. The van der Waals surface area contributed by atoms with Crippen LogP contribution in [-0.4, -0.2) is 29.2 Å². The first-order valence-electron chi connectivity index (χ1n) is 6.00. The molecule has 1 atom stereocenters. The van der Waals surface area contributed by atoms with Gasteiger partial charge in [-0.1, -0.05) is 13.0 Å². The van der Waals surface area contributed by atoms with Gasteiger partial charge in [-0.3, -0.25) is 0 Å². The summed E-state index contributed by atoms with van der Waals surface area (Å²) in [5.41, 5.74) is 2.21. The lowest BCUT2D eigenvalue weighted by Crippen LogP contribution is -2.37. The molecule has 1 aliphatic heterocycles. The van der Waals surface area contributed by atoms with Gasteiger partial charge in [0.25, 0.3) is 0 Å². The molecule has 2 nitrogen and oxygen atoms in total. The van der Waals surface area contributed by atoms with Crippen molar-refractivity contribution in [1.29, 1.82) is 0 Å². The molecule has 0 aromatic heterocycles. The molecule has 4 heteroatoms. The Morgan fingerprint density at radius 1 is 1.53 bits per heavy atom. The first kappa shape index (κ1) is 13.2. The molecule has 0 amide bonds. The van der Waals surface area contributed by atoms with Crippen molar-refractivity contribution in [3.63, 3.8) is 0 Å². The lowest BCUT2D eigenvalue weighted by Gasteiger charge is -2.34. The van der Waals surface area contributed by atoms with E-state index in [9.17, 15) is 0 Å². The van der Waals surface area contributed by atoms with Crippen molar-refractivity contribution in [2.75, 3.05) is 23.7 Å². The van der Waals surface area contributed by atoms with Crippen LogP contribution >= 0.6 is 27.7 Å². The van der Waals surface area contributed by atoms with Crippen LogP contribution in [0.1, 0.15) is 18.9 Å². The summed E-state index contributed by atoms with van der Waals surface area (Å²) >= 11 is 5.68. The van der Waals surface area contributed by atoms with Crippen molar-refractivity contribution in [3.8, 4) is 0 Å². The van der Waals surface area contributed by atoms with E-state index in [-0.39, 0.29) is 6.61 Å². The van der Waals surface area contributed by atoms with E-state index in [0.29, 0.717) is 0 Å². The topological polar surface area (TPSA) is 23.5 Å². The average Bonchev–Trinajstić information content (AvgIpc) is 2.38. The number of aliphatic hydroxyl groups excluding tert-OH is 1. The normalized spacial score (nSPS) is 20.6. The SMILES string of the molecule is CCC1CN(c2ccc(CO)cc2Br)CCS1. The van der Waals surface area contributed by atoms with Crippen molar-refractivity contribution in [2.24, 2.45) is 0 Å². The van der Waals surface area contributed by atoms with Gasteiger partial charge in [0.15, 0.2) is 0 Å². The lowest BCUT2D eigenvalue weighted by molar-refractivity contribution is 0.282. The number of rotatable bonds is 3. The van der Waals surface area contributed by atoms with E-state index in [2.05, 4.69) is 45.6 Å². The number of hydrogen-bond donors (Lipinski definition) is 1. The smallest absolute Gasteiger partial charge is 0.0682 e. The molecule has 2 rings (SSSR count). The second kappa shape index (κ2) is 6.12. The van der Waals surface area contributed by atoms with Crippen LogP contribution in [0.5, 0.6) is 0 Å². The van der Waals surface area contributed by atoms with Gasteiger partial charge in [-0.15, -0.1) is 0 Å². The number of thioether (sulfide) groups is 1. The summed E-state index contributed by atoms with van der Waals surface area (Å²) in [6.45, 7) is 4.59. The van der Waals surface area contributed by atoms with Crippen LogP contribution in [0.4, 0.5) is 5.69 Å². The molecule has 1 unspecified atom stereocenters. The molecular formula is C13H18BrNOS. The van der Waals surface area contributed by atoms with E-state index in [1.54, 1.807) is 0 Å². The quantitative estimate of drug-likeness (QED) is 0.926. The van der Waals surface area contributed by atoms with Crippen molar-refractivity contribution in [2.45, 2.75) is 25.2 Å². The summed E-state index contributed by atoms with van der Waals surface area (Å²) in [6, 6.07) is 6.12. The molecule has 1 aromatic rings. The van der Waals surface area contributed by atoms with Crippen molar-refractivity contribution < 1.29 is 5.11 Å². The van der Waals surface area contributed by atoms with Crippen LogP contribution in [-0.2, 0) is 6.61 Å². The second-order valence-corrected chi connectivity index (χ2v) is 6.55. The Kier molecular flexibility index (Phi) is 4.77. The zero-order valence-corrected chi connectivity index (χ0v) is 12.4. The van der Waals surface area contributed by atoms with Crippen LogP contribution in [0.2, 0.25) is 0 Å². The average molecular weight is 316 g/mol. The van der Waals surface area contributed by atoms with Gasteiger partial charge in [0.1, 0.15) is 0 Å². The van der Waals surface area contributed by atoms with E-state index in [1.165, 1.54) is 17.9 Å². The first-order valence-corrected chi connectivity index (χ1v) is 7.84. The minimum atomic E-state index is 0.103. The highest BCUT2D eigenvalue weighted by atomic mass is 79.9. The maximum atomic E-state index is 9.11. The Morgan fingerprint density at radius 2 is 2.35 bits per heavy atom. The first-order chi connectivity index (χ1) is 8.24. The third-order valence-corrected chi connectivity index (χ3v) is 5.14. The fourth-order valence-corrected chi connectivity index (χ4v) is 3.95. The van der Waals surface area contributed by atoms with Crippen LogP contribution in [0.25, 0.3) is 0 Å². The molecule has 94 valence electrons. The predicted octanol–water partition coefficient (Wildman–Crippen LogP) is 3.27. The number of aliphatic hydroxyl groups is 1. The number of nitrogens with zero attached hydrogens (tertiary/aromatic N) is 1. The Morgan fingerprint density at radius 3 is 3.00 bits per heavy atom. The van der Waals surface area contributed by atoms with Crippen molar-refractivity contribution in [3.05, 3.63) is 28.2 Å². The number of anilines is 1. The zero-order chi connectivity index (χ0) is 12.3. The molecule has 17 heavy (non-hydrogen) atoms. The molecule has 1 heterocycles. The van der Waals surface area contributed by atoms with Crippen LogP contribution in [0.3, 0.4) is 0 Å². The molecule has 0 spiro atoms. The van der Waals surface area contributed by atoms with Crippen LogP contribution in [0, 0.1) is 0 Å². The number of hydrogen-bond acceptors (Lipinski definition) is 3. The van der Waals surface area contributed by atoms with Gasteiger partial charge in [0.2, 0.25) is 0 Å². The van der Waals surface area contributed by atoms with E-state index >= 15 is 0 Å². The standard InChI is InChI=1S/C13H18BrNOS/c1-2-11-8-15(5-6-17-11)13-4-3-10(9-16)7-12(13)14/h3-4,7,11,16H,2,5-6,8-9H2,1H3. The molecule has 1 aromatic carbocycles. The maximum Gasteiger partial charge on any atom is 0.0682 e. The third kappa shape index (κ3) is 3.18. The van der Waals surface area contributed by atoms with Crippen LogP contribution in [0.15, 0.2) is 22.7 Å². The second-order valence-electron chi connectivity index (χ2n) is 4.29. The summed E-state index contributed by atoms with van der Waals surface area (Å²) in [7, 11) is 0. The van der Waals surface area contributed by atoms with Gasteiger partial charge < -0.3 is 10.0 Å². The molecule has 1 N–H and O–H groups in total. The van der Waals surface area contributed by atoms with Crippen LogP contribution < -0.4 is 4.90 Å². The van der Waals surface area contributed by atoms with Gasteiger partial charge >= 0.3 is 0 Å². The van der Waals surface area contributed by atoms with Gasteiger partial charge in [-0.25, -0.2) is 0 Å². The summed E-state index contributed by atoms with van der Waals surface area (Å²) in [5.74, 6) is 1.20. The van der Waals surface area contributed by atoms with Crippen molar-refractivity contribution >= 4 is 33.4 Å². The molecule has 1 saturated heterocycles. The third-order valence-electron chi connectivity index (χ3n) is 3.13. The molecule has 0 saturated carbocycles. The molecular weight excluding hydrogens is 298 g/mol. The monoisotopic (exact) mass is 315 g/mol. The molecule has 1 aliphatic rings. The Hall–Kier alpha value is -0.190. The summed E-state index contributed by atoms with van der Waals surface area (Å²) in [4.78, 5) is 2.44. The minimum Gasteiger partial charge on any atom is -0.392 e. The Balaban J connectivity index is 2.16. The summed E-state index contributed by atoms with van der Waals surface area (Å²) < 4.78 is 1.09. The van der Waals surface area contributed by atoms with E-state index in [1.807, 2.05) is 12.1 Å². The largest absolute Gasteiger partial charge is 0.392 e. The molecule has 0 radical (unpaired) electrons. The maximum absolute atomic E-state index is 9.11. The van der Waals surface area contributed by atoms with Gasteiger partial charge in [0, 0.05) is 28.6 Å². The highest BCUT2D eigenvalue weighted by molar-refractivity contribution is 9.10. The van der Waals surface area contributed by atoms with E-state index in [4.69, 9.17) is 5.11 Å². The lowest BCUT2D eigenvalue weighted by atomic mass is 10.2. The fraction of sp³-hybridized carbons (Fsp3) is 0.538.